The highest BCUT2D eigenvalue weighted by Crippen LogP contribution is 2.18. The second kappa shape index (κ2) is 5.82. The minimum Gasteiger partial charge on any atom is -0.352 e. The smallest absolute Gasteiger partial charge is 0.221 e. The third-order valence-electron chi connectivity index (χ3n) is 2.81. The van der Waals surface area contributed by atoms with Gasteiger partial charge in [0.25, 0.3) is 0 Å². The fourth-order valence-corrected chi connectivity index (χ4v) is 1.78. The maximum Gasteiger partial charge on any atom is 0.221 e. The highest BCUT2D eigenvalue weighted by Gasteiger charge is 2.20. The van der Waals surface area contributed by atoms with E-state index in [-0.39, 0.29) is 11.9 Å². The average Bonchev–Trinajstić information content (AvgIpc) is 2.95. The maximum atomic E-state index is 11.6. The van der Waals surface area contributed by atoms with Crippen LogP contribution >= 0.6 is 0 Å². The van der Waals surface area contributed by atoms with Crippen LogP contribution in [-0.2, 0) is 11.3 Å². The van der Waals surface area contributed by atoms with Crippen LogP contribution in [0.25, 0.3) is 0 Å². The largest absolute Gasteiger partial charge is 0.352 e. The van der Waals surface area contributed by atoms with Gasteiger partial charge in [0.1, 0.15) is 0 Å². The summed E-state index contributed by atoms with van der Waals surface area (Å²) < 4.78 is 1.97. The summed E-state index contributed by atoms with van der Waals surface area (Å²) in [6, 6.07) is 0.809. The van der Waals surface area contributed by atoms with E-state index in [1.807, 2.05) is 17.7 Å². The number of hydrogen-bond donors (Lipinski definition) is 2. The van der Waals surface area contributed by atoms with E-state index in [4.69, 9.17) is 0 Å². The van der Waals surface area contributed by atoms with Crippen molar-refractivity contribution >= 4 is 5.91 Å². The Bertz CT molecular complexity index is 345. The summed E-state index contributed by atoms with van der Waals surface area (Å²) in [6.07, 6.45) is 8.49. The number of aromatic nitrogens is 2. The molecule has 0 aliphatic heterocycles. The number of nitrogens with one attached hydrogen (secondary N) is 2. The standard InChI is InChI=1S/C12H20N4O/c1-10(8-16-7-6-13-9-16)15-12(17)4-5-14-11-2-3-11/h6-7,9-11,14H,2-5,8H2,1H3,(H,15,17). The summed E-state index contributed by atoms with van der Waals surface area (Å²) in [5.74, 6) is 0.116. The van der Waals surface area contributed by atoms with Crippen molar-refractivity contribution in [3.8, 4) is 0 Å². The molecule has 1 atom stereocenters. The van der Waals surface area contributed by atoms with Gasteiger partial charge < -0.3 is 15.2 Å². The van der Waals surface area contributed by atoms with Crippen molar-refractivity contribution in [1.29, 1.82) is 0 Å². The summed E-state index contributed by atoms with van der Waals surface area (Å²) in [4.78, 5) is 15.6. The molecule has 2 N–H and O–H groups in total. The molecule has 2 rings (SSSR count). The van der Waals surface area contributed by atoms with E-state index in [1.54, 1.807) is 12.5 Å². The Balaban J connectivity index is 1.59. The molecule has 1 fully saturated rings. The lowest BCUT2D eigenvalue weighted by atomic mass is 10.3. The predicted octanol–water partition coefficient (Wildman–Crippen LogP) is 0.530. The molecule has 0 spiro atoms. The zero-order valence-corrected chi connectivity index (χ0v) is 10.2. The highest BCUT2D eigenvalue weighted by molar-refractivity contribution is 5.76. The molecule has 1 unspecified atom stereocenters. The zero-order chi connectivity index (χ0) is 12.1. The maximum absolute atomic E-state index is 11.6. The Morgan fingerprint density at radius 3 is 3.06 bits per heavy atom. The van der Waals surface area contributed by atoms with Crippen molar-refractivity contribution in [2.24, 2.45) is 0 Å². The number of nitrogens with zero attached hydrogens (tertiary/aromatic N) is 2. The average molecular weight is 236 g/mol. The number of imidazole rings is 1. The molecule has 5 nitrogen and oxygen atoms in total. The zero-order valence-electron chi connectivity index (χ0n) is 10.2. The van der Waals surface area contributed by atoms with Gasteiger partial charge in [0.2, 0.25) is 5.91 Å². The lowest BCUT2D eigenvalue weighted by Crippen LogP contribution is -2.37. The minimum absolute atomic E-state index is 0.116. The number of carbonyl (C=O) groups excluding carboxylic acids is 1. The fraction of sp³-hybridized carbons (Fsp3) is 0.667. The Kier molecular flexibility index (Phi) is 4.14. The molecule has 1 aromatic rings. The second-order valence-corrected chi connectivity index (χ2v) is 4.71. The van der Waals surface area contributed by atoms with Crippen LogP contribution in [0.15, 0.2) is 18.7 Å². The number of hydrogen-bond acceptors (Lipinski definition) is 3. The van der Waals surface area contributed by atoms with Gasteiger partial charge in [0, 0.05) is 44.0 Å². The van der Waals surface area contributed by atoms with Crippen LogP contribution in [0.3, 0.4) is 0 Å². The third kappa shape index (κ3) is 4.56. The van der Waals surface area contributed by atoms with E-state index in [0.29, 0.717) is 12.5 Å². The molecule has 0 bridgehead atoms. The molecule has 17 heavy (non-hydrogen) atoms. The minimum atomic E-state index is 0.116. The molecule has 1 aromatic heterocycles. The third-order valence-corrected chi connectivity index (χ3v) is 2.81. The number of amides is 1. The van der Waals surface area contributed by atoms with E-state index in [1.165, 1.54) is 12.8 Å². The van der Waals surface area contributed by atoms with Crippen LogP contribution < -0.4 is 10.6 Å². The van der Waals surface area contributed by atoms with Crippen LogP contribution in [-0.4, -0.2) is 34.1 Å². The van der Waals surface area contributed by atoms with Gasteiger partial charge in [-0.05, 0) is 19.8 Å². The molecule has 94 valence electrons. The molecule has 1 saturated carbocycles. The van der Waals surface area contributed by atoms with Crippen molar-refractivity contribution in [1.82, 2.24) is 20.2 Å². The van der Waals surface area contributed by atoms with Gasteiger partial charge in [-0.3, -0.25) is 4.79 Å². The van der Waals surface area contributed by atoms with Crippen LogP contribution in [0.2, 0.25) is 0 Å². The van der Waals surface area contributed by atoms with Crippen molar-refractivity contribution in [3.05, 3.63) is 18.7 Å². The molecule has 0 radical (unpaired) electrons. The van der Waals surface area contributed by atoms with Crippen LogP contribution in [0, 0.1) is 0 Å². The normalized spacial score (nSPS) is 16.8. The molecule has 5 heteroatoms. The predicted molar refractivity (Wildman–Crippen MR) is 65.5 cm³/mol. The SMILES string of the molecule is CC(Cn1ccnc1)NC(=O)CCNC1CC1. The monoisotopic (exact) mass is 236 g/mol. The first-order valence-corrected chi connectivity index (χ1v) is 6.22. The highest BCUT2D eigenvalue weighted by atomic mass is 16.1. The fourth-order valence-electron chi connectivity index (χ4n) is 1.78. The first-order chi connectivity index (χ1) is 8.24. The lowest BCUT2D eigenvalue weighted by molar-refractivity contribution is -0.121. The number of rotatable bonds is 7. The first kappa shape index (κ1) is 12.1. The van der Waals surface area contributed by atoms with Gasteiger partial charge in [0.05, 0.1) is 6.33 Å². The molecule has 0 saturated heterocycles. The van der Waals surface area contributed by atoms with Gasteiger partial charge in [-0.1, -0.05) is 0 Å². The second-order valence-electron chi connectivity index (χ2n) is 4.71. The summed E-state index contributed by atoms with van der Waals surface area (Å²) >= 11 is 0. The van der Waals surface area contributed by atoms with Crippen molar-refractivity contribution in [2.75, 3.05) is 6.54 Å². The van der Waals surface area contributed by atoms with Crippen LogP contribution in [0.5, 0.6) is 0 Å². The number of carbonyl (C=O) groups is 1. The summed E-state index contributed by atoms with van der Waals surface area (Å²) in [6.45, 7) is 3.56. The van der Waals surface area contributed by atoms with E-state index < -0.39 is 0 Å². The molecule has 1 amide bonds. The van der Waals surface area contributed by atoms with Crippen molar-refractivity contribution < 1.29 is 4.79 Å². The Morgan fingerprint density at radius 1 is 1.59 bits per heavy atom. The molecular formula is C12H20N4O. The van der Waals surface area contributed by atoms with Crippen LogP contribution in [0.4, 0.5) is 0 Å². The summed E-state index contributed by atoms with van der Waals surface area (Å²) in [5.41, 5.74) is 0. The van der Waals surface area contributed by atoms with E-state index >= 15 is 0 Å². The van der Waals surface area contributed by atoms with Gasteiger partial charge in [-0.25, -0.2) is 4.98 Å². The lowest BCUT2D eigenvalue weighted by Gasteiger charge is -2.14. The van der Waals surface area contributed by atoms with E-state index in [2.05, 4.69) is 15.6 Å². The Morgan fingerprint density at radius 2 is 2.41 bits per heavy atom. The van der Waals surface area contributed by atoms with E-state index in [0.717, 1.165) is 13.1 Å². The molecule has 0 aromatic carbocycles. The molecular weight excluding hydrogens is 216 g/mol. The van der Waals surface area contributed by atoms with Gasteiger partial charge in [-0.15, -0.1) is 0 Å². The van der Waals surface area contributed by atoms with Crippen molar-refractivity contribution in [3.63, 3.8) is 0 Å². The molecule has 1 aliphatic carbocycles. The van der Waals surface area contributed by atoms with Gasteiger partial charge in [-0.2, -0.15) is 0 Å². The van der Waals surface area contributed by atoms with Crippen molar-refractivity contribution in [2.45, 2.75) is 44.8 Å². The summed E-state index contributed by atoms with van der Waals surface area (Å²) in [7, 11) is 0. The topological polar surface area (TPSA) is 59.0 Å². The van der Waals surface area contributed by atoms with Gasteiger partial charge in [0.15, 0.2) is 0 Å². The Labute approximate surface area is 102 Å². The molecule has 1 heterocycles. The summed E-state index contributed by atoms with van der Waals surface area (Å²) in [5, 5.41) is 6.32. The van der Waals surface area contributed by atoms with Crippen LogP contribution in [0.1, 0.15) is 26.2 Å². The Hall–Kier alpha value is -1.36. The quantitative estimate of drug-likeness (QED) is 0.726. The molecule has 1 aliphatic rings. The first-order valence-electron chi connectivity index (χ1n) is 6.22. The van der Waals surface area contributed by atoms with Gasteiger partial charge >= 0.3 is 0 Å². The van der Waals surface area contributed by atoms with E-state index in [9.17, 15) is 4.79 Å².